The molecule has 3 N–H and O–H groups in total. The van der Waals surface area contributed by atoms with E-state index in [1.54, 1.807) is 0 Å². The maximum atomic E-state index is 10.1. The van der Waals surface area contributed by atoms with Crippen LogP contribution in [0.15, 0.2) is 0 Å². The molecule has 1 radical (unpaired) electrons. The van der Waals surface area contributed by atoms with E-state index in [4.69, 9.17) is 5.73 Å². The Morgan fingerprint density at radius 2 is 2.00 bits per heavy atom. The Morgan fingerprint density at radius 3 is 2.12 bits per heavy atom. The quantitative estimate of drug-likeness (QED) is 0.538. The first-order chi connectivity index (χ1) is 3.56. The molecule has 0 heterocycles. The number of hydrogen-bond donors (Lipinski definition) is 1. The Hall–Kier alpha value is -0.130. The third-order valence-electron chi connectivity index (χ3n) is 0.606. The number of rotatable bonds is 3. The highest BCUT2D eigenvalue weighted by molar-refractivity contribution is 7.89. The van der Waals surface area contributed by atoms with E-state index in [9.17, 15) is 8.42 Å². The van der Waals surface area contributed by atoms with Crippen LogP contribution < -0.4 is 10.9 Å². The van der Waals surface area contributed by atoms with E-state index in [0.29, 0.717) is 6.42 Å². The van der Waals surface area contributed by atoms with Crippen LogP contribution in [0.5, 0.6) is 0 Å². The highest BCUT2D eigenvalue weighted by atomic mass is 32.2. The number of hydrogen-bond acceptors (Lipinski definition) is 2. The Morgan fingerprint density at radius 1 is 1.50 bits per heavy atom. The van der Waals surface area contributed by atoms with Crippen molar-refractivity contribution in [3.05, 3.63) is 0 Å². The minimum atomic E-state index is -3.31. The molecule has 0 aliphatic carbocycles. The number of nitrogens with two attached hydrogens (primary N) is 1. The van der Waals surface area contributed by atoms with Crippen LogP contribution in [0.25, 0.3) is 0 Å². The zero-order valence-electron chi connectivity index (χ0n) is 4.42. The molecule has 0 saturated heterocycles. The van der Waals surface area contributed by atoms with Gasteiger partial charge in [0.2, 0.25) is 10.0 Å². The van der Waals surface area contributed by atoms with E-state index in [0.717, 1.165) is 0 Å². The van der Waals surface area contributed by atoms with Gasteiger partial charge in [0.25, 0.3) is 0 Å². The summed E-state index contributed by atoms with van der Waals surface area (Å²) in [5.74, 6) is -0.0729. The molecule has 0 aliphatic heterocycles. The van der Waals surface area contributed by atoms with Gasteiger partial charge in [0, 0.05) is 6.54 Å². The minimum Gasteiger partial charge on any atom is -0.258 e. The number of sulfonamides is 1. The van der Waals surface area contributed by atoms with Gasteiger partial charge in [-0.2, -0.15) is 0 Å². The highest BCUT2D eigenvalue weighted by Crippen LogP contribution is 1.80. The molecule has 0 spiro atoms. The Kier molecular flexibility index (Phi) is 2.96. The summed E-state index contributed by atoms with van der Waals surface area (Å²) < 4.78 is 20.2. The highest BCUT2D eigenvalue weighted by Gasteiger charge is 1.98. The lowest BCUT2D eigenvalue weighted by Crippen LogP contribution is -2.17. The molecule has 0 rings (SSSR count). The molecule has 0 aliphatic rings. The van der Waals surface area contributed by atoms with Crippen LogP contribution in [0.1, 0.15) is 6.42 Å². The molecule has 0 unspecified atom stereocenters. The molecule has 0 bridgehead atoms. The van der Waals surface area contributed by atoms with Crippen LogP contribution >= 0.6 is 0 Å². The van der Waals surface area contributed by atoms with Gasteiger partial charge in [-0.3, -0.25) is 5.73 Å². The van der Waals surface area contributed by atoms with Crippen molar-refractivity contribution in [2.24, 2.45) is 5.14 Å². The van der Waals surface area contributed by atoms with E-state index in [1.165, 1.54) is 0 Å². The predicted octanol–water partition coefficient (Wildman–Crippen LogP) is -1.05. The Balaban J connectivity index is 3.42. The third kappa shape index (κ3) is 5.87. The fourth-order valence-electron chi connectivity index (χ4n) is 0.273. The standard InChI is InChI=1S/C3H9N2O2S/c4-2-1-3-8(5,6)7/h4H,1-3H2,(H2,5,6,7). The van der Waals surface area contributed by atoms with Gasteiger partial charge < -0.3 is 0 Å². The van der Waals surface area contributed by atoms with Crippen LogP contribution in [0.2, 0.25) is 0 Å². The average molecular weight is 137 g/mol. The van der Waals surface area contributed by atoms with Crippen molar-refractivity contribution in [2.45, 2.75) is 6.42 Å². The van der Waals surface area contributed by atoms with Gasteiger partial charge in [-0.1, -0.05) is 0 Å². The molecule has 0 atom stereocenters. The molecule has 0 fully saturated rings. The van der Waals surface area contributed by atoms with Crippen LogP contribution in [-0.2, 0) is 10.0 Å². The van der Waals surface area contributed by atoms with Crippen molar-refractivity contribution in [1.82, 2.24) is 5.73 Å². The Bertz CT molecular complexity index is 139. The van der Waals surface area contributed by atoms with Gasteiger partial charge in [-0.25, -0.2) is 13.6 Å². The molecule has 49 valence electrons. The van der Waals surface area contributed by atoms with Crippen molar-refractivity contribution in [3.8, 4) is 0 Å². The van der Waals surface area contributed by atoms with Crippen molar-refractivity contribution in [1.29, 1.82) is 0 Å². The summed E-state index contributed by atoms with van der Waals surface area (Å²) in [7, 11) is -3.31. The first-order valence-corrected chi connectivity index (χ1v) is 3.93. The van der Waals surface area contributed by atoms with E-state index < -0.39 is 10.0 Å². The summed E-state index contributed by atoms with van der Waals surface area (Å²) >= 11 is 0. The first kappa shape index (κ1) is 7.87. The molecular formula is C3H9N2O2S. The van der Waals surface area contributed by atoms with Gasteiger partial charge in [0.1, 0.15) is 0 Å². The first-order valence-electron chi connectivity index (χ1n) is 2.21. The van der Waals surface area contributed by atoms with Crippen molar-refractivity contribution in [3.63, 3.8) is 0 Å². The smallest absolute Gasteiger partial charge is 0.209 e. The van der Waals surface area contributed by atoms with Gasteiger partial charge in [0.05, 0.1) is 5.75 Å². The molecular weight excluding hydrogens is 128 g/mol. The van der Waals surface area contributed by atoms with Gasteiger partial charge in [0.15, 0.2) is 0 Å². The lowest BCUT2D eigenvalue weighted by atomic mass is 10.5. The fraction of sp³-hybridized carbons (Fsp3) is 1.00. The van der Waals surface area contributed by atoms with E-state index >= 15 is 0 Å². The predicted molar refractivity (Wildman–Crippen MR) is 30.6 cm³/mol. The number of primary sulfonamides is 1. The summed E-state index contributed by atoms with van der Waals surface area (Å²) in [4.78, 5) is 0. The minimum absolute atomic E-state index is 0.0729. The zero-order chi connectivity index (χ0) is 6.62. The monoisotopic (exact) mass is 137 g/mol. The lowest BCUT2D eigenvalue weighted by molar-refractivity contribution is 0.595. The van der Waals surface area contributed by atoms with Gasteiger partial charge >= 0.3 is 0 Å². The molecule has 5 heteroatoms. The second-order valence-electron chi connectivity index (χ2n) is 1.47. The van der Waals surface area contributed by atoms with E-state index in [1.807, 2.05) is 0 Å². The van der Waals surface area contributed by atoms with Crippen molar-refractivity contribution < 1.29 is 8.42 Å². The third-order valence-corrected chi connectivity index (χ3v) is 1.46. The molecule has 0 amide bonds. The summed E-state index contributed by atoms with van der Waals surface area (Å²) in [6.07, 6.45) is 0.332. The van der Waals surface area contributed by atoms with Crippen LogP contribution in [0, 0.1) is 0 Å². The molecule has 0 saturated carbocycles. The normalized spacial score (nSPS) is 11.8. The van der Waals surface area contributed by atoms with E-state index in [-0.39, 0.29) is 12.3 Å². The molecule has 0 aromatic carbocycles. The molecule has 4 nitrogen and oxygen atoms in total. The van der Waals surface area contributed by atoms with Crippen molar-refractivity contribution >= 4 is 10.0 Å². The van der Waals surface area contributed by atoms with Crippen LogP contribution in [0.3, 0.4) is 0 Å². The van der Waals surface area contributed by atoms with E-state index in [2.05, 4.69) is 5.14 Å². The van der Waals surface area contributed by atoms with Crippen LogP contribution in [-0.4, -0.2) is 20.7 Å². The summed E-state index contributed by atoms with van der Waals surface area (Å²) in [6.45, 7) is 0.121. The second-order valence-corrected chi connectivity index (χ2v) is 3.20. The molecule has 0 aromatic heterocycles. The largest absolute Gasteiger partial charge is 0.258 e. The maximum Gasteiger partial charge on any atom is 0.209 e. The summed E-state index contributed by atoms with van der Waals surface area (Å²) in [6, 6.07) is 0. The lowest BCUT2D eigenvalue weighted by Gasteiger charge is -1.90. The Labute approximate surface area is 48.9 Å². The second kappa shape index (κ2) is 3.01. The zero-order valence-corrected chi connectivity index (χ0v) is 5.24. The van der Waals surface area contributed by atoms with Gasteiger partial charge in [-0.15, -0.1) is 0 Å². The maximum absolute atomic E-state index is 10.1. The fourth-order valence-corrected chi connectivity index (χ4v) is 0.820. The number of nitrogens with one attached hydrogen (secondary N) is 1. The molecule has 0 aromatic rings. The topological polar surface area (TPSA) is 84.0 Å². The molecule has 8 heavy (non-hydrogen) atoms. The SMILES string of the molecule is [NH]CCCS(N)(=O)=O. The van der Waals surface area contributed by atoms with Crippen molar-refractivity contribution in [2.75, 3.05) is 12.3 Å². The summed E-state index contributed by atoms with van der Waals surface area (Å²) in [5.41, 5.74) is 6.56. The summed E-state index contributed by atoms with van der Waals surface area (Å²) in [5, 5.41) is 4.61. The van der Waals surface area contributed by atoms with Crippen LogP contribution in [0.4, 0.5) is 0 Å². The van der Waals surface area contributed by atoms with Gasteiger partial charge in [-0.05, 0) is 6.42 Å². The average Bonchev–Trinajstić information content (AvgIpc) is 1.59.